The Morgan fingerprint density at radius 1 is 1.43 bits per heavy atom. The molecule has 2 amide bonds. The third-order valence-corrected chi connectivity index (χ3v) is 4.08. The molecule has 1 aromatic rings. The number of nitrogens with one attached hydrogen (secondary N) is 1. The van der Waals surface area contributed by atoms with Gasteiger partial charge in [-0.15, -0.1) is 0 Å². The number of carbonyl (C=O) groups is 2. The van der Waals surface area contributed by atoms with Gasteiger partial charge in [0.2, 0.25) is 11.8 Å². The Labute approximate surface area is 133 Å². The number of amides is 2. The van der Waals surface area contributed by atoms with E-state index in [0.29, 0.717) is 6.54 Å². The number of nitrogens with two attached hydrogens (primary N) is 1. The zero-order chi connectivity index (χ0) is 17.0. The molecular formula is C16H21F2N3O2. The number of likely N-dealkylation sites (tertiary alicyclic amines) is 1. The highest BCUT2D eigenvalue weighted by molar-refractivity contribution is 5.79. The molecule has 2 atom stereocenters. The van der Waals surface area contributed by atoms with Gasteiger partial charge < -0.3 is 11.1 Å². The Kier molecular flexibility index (Phi) is 5.65. The van der Waals surface area contributed by atoms with Crippen LogP contribution in [0.25, 0.3) is 0 Å². The number of benzene rings is 1. The maximum Gasteiger partial charge on any atom is 0.234 e. The zero-order valence-corrected chi connectivity index (χ0v) is 13.0. The molecule has 0 spiro atoms. The van der Waals surface area contributed by atoms with Crippen LogP contribution in [0.1, 0.15) is 31.4 Å². The second-order valence-corrected chi connectivity index (χ2v) is 5.93. The van der Waals surface area contributed by atoms with Crippen molar-refractivity contribution >= 4 is 11.8 Å². The van der Waals surface area contributed by atoms with Crippen molar-refractivity contribution < 1.29 is 18.4 Å². The first kappa shape index (κ1) is 17.3. The molecule has 1 heterocycles. The largest absolute Gasteiger partial charge is 0.369 e. The summed E-state index contributed by atoms with van der Waals surface area (Å²) in [6.07, 6.45) is 1.55. The second-order valence-electron chi connectivity index (χ2n) is 5.93. The van der Waals surface area contributed by atoms with Crippen LogP contribution in [0.15, 0.2) is 18.2 Å². The number of halogens is 2. The fourth-order valence-corrected chi connectivity index (χ4v) is 2.85. The Bertz CT molecular complexity index is 595. The molecular weight excluding hydrogens is 304 g/mol. The first-order valence-electron chi connectivity index (χ1n) is 7.63. The van der Waals surface area contributed by atoms with Crippen molar-refractivity contribution in [3.8, 4) is 0 Å². The molecule has 1 aliphatic heterocycles. The fraction of sp³-hybridized carbons (Fsp3) is 0.500. The van der Waals surface area contributed by atoms with Crippen molar-refractivity contribution in [3.05, 3.63) is 35.4 Å². The normalized spacial score (nSPS) is 20.0. The van der Waals surface area contributed by atoms with E-state index in [1.807, 2.05) is 4.90 Å². The van der Waals surface area contributed by atoms with E-state index in [9.17, 15) is 18.4 Å². The Morgan fingerprint density at radius 3 is 2.83 bits per heavy atom. The molecule has 5 nitrogen and oxygen atoms in total. The van der Waals surface area contributed by atoms with Gasteiger partial charge in [-0.1, -0.05) is 6.07 Å². The highest BCUT2D eigenvalue weighted by atomic mass is 19.1. The van der Waals surface area contributed by atoms with E-state index in [2.05, 4.69) is 5.32 Å². The molecule has 23 heavy (non-hydrogen) atoms. The van der Waals surface area contributed by atoms with Crippen molar-refractivity contribution in [2.24, 2.45) is 11.7 Å². The minimum Gasteiger partial charge on any atom is -0.369 e. The summed E-state index contributed by atoms with van der Waals surface area (Å²) in [5, 5.41) is 2.69. The van der Waals surface area contributed by atoms with Crippen LogP contribution in [-0.4, -0.2) is 36.3 Å². The minimum atomic E-state index is -0.690. The molecule has 0 saturated carbocycles. The van der Waals surface area contributed by atoms with Gasteiger partial charge in [-0.25, -0.2) is 8.78 Å². The molecule has 0 radical (unpaired) electrons. The van der Waals surface area contributed by atoms with Crippen LogP contribution >= 0.6 is 0 Å². The Morgan fingerprint density at radius 2 is 2.17 bits per heavy atom. The first-order chi connectivity index (χ1) is 10.9. The van der Waals surface area contributed by atoms with E-state index in [4.69, 9.17) is 5.73 Å². The van der Waals surface area contributed by atoms with E-state index in [-0.39, 0.29) is 29.8 Å². The molecule has 0 aliphatic carbocycles. The van der Waals surface area contributed by atoms with Crippen molar-refractivity contribution in [1.82, 2.24) is 10.2 Å². The van der Waals surface area contributed by atoms with Crippen molar-refractivity contribution in [2.45, 2.75) is 25.8 Å². The number of nitrogens with zero attached hydrogens (tertiary/aromatic N) is 1. The molecule has 2 rings (SSSR count). The number of hydrogen-bond acceptors (Lipinski definition) is 3. The van der Waals surface area contributed by atoms with E-state index >= 15 is 0 Å². The standard InChI is InChI=1S/C16H21F2N3O2/c1-10(13-5-4-12(17)7-14(13)18)20-15(22)9-21-6-2-3-11(8-21)16(19)23/h4-5,7,10-11H,2-3,6,8-9H2,1H3,(H2,19,23)(H,20,22)/t10-,11+/m1/s1. The average molecular weight is 325 g/mol. The number of rotatable bonds is 5. The van der Waals surface area contributed by atoms with Gasteiger partial charge in [0.05, 0.1) is 18.5 Å². The molecule has 0 aromatic heterocycles. The van der Waals surface area contributed by atoms with Crippen molar-refractivity contribution in [2.75, 3.05) is 19.6 Å². The highest BCUT2D eigenvalue weighted by Gasteiger charge is 2.25. The minimum absolute atomic E-state index is 0.122. The SMILES string of the molecule is C[C@@H](NC(=O)CN1CCC[C@H](C(N)=O)C1)c1ccc(F)cc1F. The summed E-state index contributed by atoms with van der Waals surface area (Å²) in [6.45, 7) is 2.94. The van der Waals surface area contributed by atoms with E-state index in [0.717, 1.165) is 31.5 Å². The van der Waals surface area contributed by atoms with Gasteiger partial charge in [-0.05, 0) is 32.4 Å². The third-order valence-electron chi connectivity index (χ3n) is 4.08. The second kappa shape index (κ2) is 7.50. The molecule has 0 unspecified atom stereocenters. The first-order valence-corrected chi connectivity index (χ1v) is 7.63. The molecule has 0 bridgehead atoms. The van der Waals surface area contributed by atoms with Gasteiger partial charge in [-0.2, -0.15) is 0 Å². The number of carbonyl (C=O) groups excluding carboxylic acids is 2. The predicted molar refractivity (Wildman–Crippen MR) is 81.3 cm³/mol. The maximum absolute atomic E-state index is 13.7. The lowest BCUT2D eigenvalue weighted by molar-refractivity contribution is -0.127. The summed E-state index contributed by atoms with van der Waals surface area (Å²) in [4.78, 5) is 25.2. The monoisotopic (exact) mass is 325 g/mol. The lowest BCUT2D eigenvalue weighted by Crippen LogP contribution is -2.45. The van der Waals surface area contributed by atoms with E-state index < -0.39 is 17.7 Å². The molecule has 7 heteroatoms. The lowest BCUT2D eigenvalue weighted by Gasteiger charge is -2.30. The highest BCUT2D eigenvalue weighted by Crippen LogP contribution is 2.18. The lowest BCUT2D eigenvalue weighted by atomic mass is 9.97. The number of piperidine rings is 1. The van der Waals surface area contributed by atoms with Crippen LogP contribution in [0.4, 0.5) is 8.78 Å². The van der Waals surface area contributed by atoms with Gasteiger partial charge in [0, 0.05) is 18.2 Å². The molecule has 1 aliphatic rings. The summed E-state index contributed by atoms with van der Waals surface area (Å²) in [5.74, 6) is -2.20. The molecule has 126 valence electrons. The van der Waals surface area contributed by atoms with Crippen molar-refractivity contribution in [1.29, 1.82) is 0 Å². The number of primary amides is 1. The summed E-state index contributed by atoms with van der Waals surface area (Å²) < 4.78 is 26.6. The Hall–Kier alpha value is -2.02. The smallest absolute Gasteiger partial charge is 0.234 e. The zero-order valence-electron chi connectivity index (χ0n) is 13.0. The molecule has 1 aromatic carbocycles. The van der Waals surface area contributed by atoms with Gasteiger partial charge in [-0.3, -0.25) is 14.5 Å². The van der Waals surface area contributed by atoms with E-state index in [1.165, 1.54) is 6.07 Å². The quantitative estimate of drug-likeness (QED) is 0.858. The van der Waals surface area contributed by atoms with Crippen LogP contribution in [0.3, 0.4) is 0 Å². The van der Waals surface area contributed by atoms with Crippen LogP contribution < -0.4 is 11.1 Å². The fourth-order valence-electron chi connectivity index (χ4n) is 2.85. The summed E-state index contributed by atoms with van der Waals surface area (Å²) >= 11 is 0. The topological polar surface area (TPSA) is 75.4 Å². The van der Waals surface area contributed by atoms with Crippen LogP contribution in [0.5, 0.6) is 0 Å². The summed E-state index contributed by atoms with van der Waals surface area (Å²) in [6, 6.07) is 2.70. The van der Waals surface area contributed by atoms with Gasteiger partial charge in [0.15, 0.2) is 0 Å². The maximum atomic E-state index is 13.7. The number of hydrogen-bond donors (Lipinski definition) is 2. The predicted octanol–water partition coefficient (Wildman–Crippen LogP) is 1.34. The molecule has 1 fully saturated rings. The van der Waals surface area contributed by atoms with Gasteiger partial charge in [0.25, 0.3) is 0 Å². The summed E-state index contributed by atoms with van der Waals surface area (Å²) in [5.41, 5.74) is 5.54. The Balaban J connectivity index is 1.90. The van der Waals surface area contributed by atoms with Gasteiger partial charge >= 0.3 is 0 Å². The van der Waals surface area contributed by atoms with E-state index in [1.54, 1.807) is 6.92 Å². The third kappa shape index (κ3) is 4.72. The van der Waals surface area contributed by atoms with Crippen molar-refractivity contribution in [3.63, 3.8) is 0 Å². The van der Waals surface area contributed by atoms with Crippen LogP contribution in [0.2, 0.25) is 0 Å². The molecule has 1 saturated heterocycles. The van der Waals surface area contributed by atoms with Gasteiger partial charge in [0.1, 0.15) is 11.6 Å². The van der Waals surface area contributed by atoms with Crippen LogP contribution in [-0.2, 0) is 9.59 Å². The average Bonchev–Trinajstić information content (AvgIpc) is 2.47. The molecule has 3 N–H and O–H groups in total. The van der Waals surface area contributed by atoms with Crippen LogP contribution in [0, 0.1) is 17.6 Å². The summed E-state index contributed by atoms with van der Waals surface area (Å²) in [7, 11) is 0.